The number of guanidine groups is 1. The summed E-state index contributed by atoms with van der Waals surface area (Å²) in [6.07, 6.45) is 0.968. The van der Waals surface area contributed by atoms with E-state index < -0.39 is 0 Å². The third-order valence-electron chi connectivity index (χ3n) is 5.56. The van der Waals surface area contributed by atoms with Gasteiger partial charge >= 0.3 is 0 Å². The summed E-state index contributed by atoms with van der Waals surface area (Å²) < 4.78 is 15.2. The van der Waals surface area contributed by atoms with Crippen molar-refractivity contribution in [3.8, 4) is 0 Å². The van der Waals surface area contributed by atoms with Gasteiger partial charge in [-0.15, -0.1) is 45.5 Å². The number of anilines is 1. The van der Waals surface area contributed by atoms with Crippen molar-refractivity contribution in [2.24, 2.45) is 12.0 Å². The van der Waals surface area contributed by atoms with Crippen LogP contribution in [0.5, 0.6) is 0 Å². The van der Waals surface area contributed by atoms with Crippen molar-refractivity contribution in [2.75, 3.05) is 37.6 Å². The smallest absolute Gasteiger partial charge is 0.194 e. The van der Waals surface area contributed by atoms with Gasteiger partial charge < -0.3 is 19.7 Å². The number of nitrogens with zero attached hydrogens (tertiary/aromatic N) is 6. The lowest BCUT2D eigenvalue weighted by Gasteiger charge is -2.37. The predicted octanol–water partition coefficient (Wildman–Crippen LogP) is 3.45. The fourth-order valence-electron chi connectivity index (χ4n) is 3.58. The molecule has 0 aliphatic carbocycles. The second-order valence-corrected chi connectivity index (χ2v) is 8.60. The van der Waals surface area contributed by atoms with E-state index in [4.69, 9.17) is 4.99 Å². The molecule has 1 aliphatic heterocycles. The number of aryl methyl sites for hydroxylation is 1. The van der Waals surface area contributed by atoms with Crippen LogP contribution in [0.4, 0.5) is 10.1 Å². The average Bonchev–Trinajstić information content (AvgIpc) is 3.42. The van der Waals surface area contributed by atoms with Gasteiger partial charge in [0.25, 0.3) is 0 Å². The molecule has 1 aliphatic rings. The second-order valence-electron chi connectivity index (χ2n) is 7.57. The highest BCUT2D eigenvalue weighted by molar-refractivity contribution is 14.0. The second kappa shape index (κ2) is 11.6. The molecular formula is C22H29FIN7S. The Balaban J connectivity index is 0.00000289. The van der Waals surface area contributed by atoms with Gasteiger partial charge in [0.05, 0.1) is 0 Å². The molecule has 10 heteroatoms. The molecule has 1 saturated heterocycles. The minimum Gasteiger partial charge on any atom is -0.368 e. The van der Waals surface area contributed by atoms with Gasteiger partial charge in [0.2, 0.25) is 0 Å². The molecule has 32 heavy (non-hydrogen) atoms. The van der Waals surface area contributed by atoms with Crippen LogP contribution < -0.4 is 10.2 Å². The predicted molar refractivity (Wildman–Crippen MR) is 139 cm³/mol. The number of aliphatic imine (C=N–C) groups is 1. The normalized spacial score (nSPS) is 14.4. The first kappa shape index (κ1) is 24.4. The molecule has 1 N–H and O–H groups in total. The molecule has 4 rings (SSSR count). The fourth-order valence-corrected chi connectivity index (χ4v) is 4.29. The number of nitrogens with one attached hydrogen (secondary N) is 1. The molecule has 0 atom stereocenters. The molecule has 7 nitrogen and oxygen atoms in total. The van der Waals surface area contributed by atoms with Crippen LogP contribution in [0.25, 0.3) is 0 Å². The van der Waals surface area contributed by atoms with Crippen LogP contribution in [0.3, 0.4) is 0 Å². The molecule has 1 aromatic carbocycles. The van der Waals surface area contributed by atoms with E-state index in [1.807, 2.05) is 30.7 Å². The van der Waals surface area contributed by atoms with Gasteiger partial charge in [-0.05, 0) is 49.1 Å². The van der Waals surface area contributed by atoms with Gasteiger partial charge in [-0.2, -0.15) is 0 Å². The van der Waals surface area contributed by atoms with E-state index in [9.17, 15) is 4.39 Å². The SMILES string of the molecule is Cc1nnc(CN=C(NCCc2cccs2)N2CCN(c3ccc(F)cc3)CC2)n1C.I. The zero-order valence-corrected chi connectivity index (χ0v) is 21.5. The van der Waals surface area contributed by atoms with E-state index in [0.717, 1.165) is 62.4 Å². The van der Waals surface area contributed by atoms with Gasteiger partial charge in [0.15, 0.2) is 11.8 Å². The molecule has 3 aromatic rings. The third kappa shape index (κ3) is 6.18. The van der Waals surface area contributed by atoms with E-state index in [-0.39, 0.29) is 29.8 Å². The van der Waals surface area contributed by atoms with Gasteiger partial charge in [-0.1, -0.05) is 6.07 Å². The van der Waals surface area contributed by atoms with Gasteiger partial charge in [0.1, 0.15) is 18.2 Å². The average molecular weight is 569 g/mol. The molecule has 2 aromatic heterocycles. The lowest BCUT2D eigenvalue weighted by atomic mass is 10.2. The maximum absolute atomic E-state index is 13.2. The summed E-state index contributed by atoms with van der Waals surface area (Å²) in [5.41, 5.74) is 1.06. The zero-order valence-electron chi connectivity index (χ0n) is 18.4. The Morgan fingerprint density at radius 2 is 1.88 bits per heavy atom. The van der Waals surface area contributed by atoms with E-state index in [0.29, 0.717) is 6.54 Å². The topological polar surface area (TPSA) is 61.6 Å². The van der Waals surface area contributed by atoms with E-state index >= 15 is 0 Å². The Morgan fingerprint density at radius 1 is 1.12 bits per heavy atom. The number of benzene rings is 1. The molecule has 0 bridgehead atoms. The Labute approximate surface area is 209 Å². The Kier molecular flexibility index (Phi) is 8.85. The van der Waals surface area contributed by atoms with Crippen molar-refractivity contribution in [2.45, 2.75) is 19.9 Å². The number of hydrogen-bond acceptors (Lipinski definition) is 5. The number of rotatable bonds is 6. The van der Waals surface area contributed by atoms with Crippen LogP contribution in [0.2, 0.25) is 0 Å². The lowest BCUT2D eigenvalue weighted by Crippen LogP contribution is -2.52. The van der Waals surface area contributed by atoms with Crippen LogP contribution in [0, 0.1) is 12.7 Å². The summed E-state index contributed by atoms with van der Waals surface area (Å²) in [5, 5.41) is 14.0. The van der Waals surface area contributed by atoms with Crippen LogP contribution in [-0.2, 0) is 20.0 Å². The minimum atomic E-state index is -0.203. The summed E-state index contributed by atoms with van der Waals surface area (Å²) in [4.78, 5) is 10.8. The largest absolute Gasteiger partial charge is 0.368 e. The summed E-state index contributed by atoms with van der Waals surface area (Å²) in [6, 6.07) is 11.0. The lowest BCUT2D eigenvalue weighted by molar-refractivity contribution is 0.371. The molecule has 0 unspecified atom stereocenters. The van der Waals surface area contributed by atoms with Crippen molar-refractivity contribution in [3.05, 3.63) is 64.1 Å². The summed E-state index contributed by atoms with van der Waals surface area (Å²) in [5.74, 6) is 2.42. The number of piperazine rings is 1. The maximum atomic E-state index is 13.2. The quantitative estimate of drug-likeness (QED) is 0.280. The van der Waals surface area contributed by atoms with Gasteiger partial charge in [0, 0.05) is 50.3 Å². The molecule has 0 spiro atoms. The van der Waals surface area contributed by atoms with Crippen LogP contribution in [0.1, 0.15) is 16.5 Å². The molecule has 1 fully saturated rings. The van der Waals surface area contributed by atoms with Crippen molar-refractivity contribution in [1.29, 1.82) is 0 Å². The molecule has 172 valence electrons. The Hall–Kier alpha value is -2.21. The van der Waals surface area contributed by atoms with E-state index in [1.54, 1.807) is 11.3 Å². The van der Waals surface area contributed by atoms with E-state index in [2.05, 4.69) is 42.8 Å². The van der Waals surface area contributed by atoms with Crippen LogP contribution in [-0.4, -0.2) is 58.3 Å². The monoisotopic (exact) mass is 569 g/mol. The van der Waals surface area contributed by atoms with Gasteiger partial charge in [-0.25, -0.2) is 9.38 Å². The molecule has 0 saturated carbocycles. The highest BCUT2D eigenvalue weighted by Gasteiger charge is 2.20. The first-order chi connectivity index (χ1) is 15.1. The molecular weight excluding hydrogens is 540 g/mol. The first-order valence-corrected chi connectivity index (χ1v) is 11.4. The molecule has 0 radical (unpaired) electrons. The number of aromatic nitrogens is 3. The van der Waals surface area contributed by atoms with Crippen LogP contribution >= 0.6 is 35.3 Å². The van der Waals surface area contributed by atoms with Crippen molar-refractivity contribution in [1.82, 2.24) is 25.0 Å². The summed E-state index contributed by atoms with van der Waals surface area (Å²) in [7, 11) is 1.96. The van der Waals surface area contributed by atoms with Crippen molar-refractivity contribution >= 4 is 47.0 Å². The molecule has 0 amide bonds. The summed E-state index contributed by atoms with van der Waals surface area (Å²) >= 11 is 1.78. The Bertz CT molecular complexity index is 996. The van der Waals surface area contributed by atoms with Crippen molar-refractivity contribution in [3.63, 3.8) is 0 Å². The number of hydrogen-bond donors (Lipinski definition) is 1. The maximum Gasteiger partial charge on any atom is 0.194 e. The number of thiophene rings is 1. The van der Waals surface area contributed by atoms with E-state index in [1.165, 1.54) is 17.0 Å². The summed E-state index contributed by atoms with van der Waals surface area (Å²) in [6.45, 7) is 6.67. The number of halogens is 2. The highest BCUT2D eigenvalue weighted by Crippen LogP contribution is 2.17. The fraction of sp³-hybridized carbons (Fsp3) is 0.409. The third-order valence-corrected chi connectivity index (χ3v) is 6.49. The molecule has 3 heterocycles. The van der Waals surface area contributed by atoms with Crippen molar-refractivity contribution < 1.29 is 4.39 Å². The minimum absolute atomic E-state index is 0. The Morgan fingerprint density at radius 3 is 2.50 bits per heavy atom. The first-order valence-electron chi connectivity index (χ1n) is 10.5. The van der Waals surface area contributed by atoms with Gasteiger partial charge in [-0.3, -0.25) is 0 Å². The standard InChI is InChI=1S/C22H28FN7S.HI/c1-17-26-27-21(28(17)2)16-25-22(24-10-9-20-4-3-15-31-20)30-13-11-29(12-14-30)19-7-5-18(23)6-8-19;/h3-8,15H,9-14,16H2,1-2H3,(H,24,25);1H. The highest BCUT2D eigenvalue weighted by atomic mass is 127. The van der Waals surface area contributed by atoms with Crippen LogP contribution in [0.15, 0.2) is 46.8 Å². The zero-order chi connectivity index (χ0) is 21.6.